The Morgan fingerprint density at radius 2 is 0.854 bits per heavy atom. The summed E-state index contributed by atoms with van der Waals surface area (Å²) in [5.74, 6) is -0.298. The summed E-state index contributed by atoms with van der Waals surface area (Å²) in [6.07, 6.45) is 44.7. The topological polar surface area (TPSA) is 89.8 Å². The Labute approximate surface area is 299 Å². The molecule has 0 bridgehead atoms. The van der Waals surface area contributed by atoms with E-state index in [9.17, 15) is 20.1 Å². The first-order chi connectivity index (χ1) is 23.5. The third-order valence-corrected chi connectivity index (χ3v) is 10.1. The number of hydrogen-bond donors (Lipinski definition) is 4. The fraction of sp³-hybridized carbons (Fsp3) is 0.930. The first kappa shape index (κ1) is 47.1. The maximum atomic E-state index is 12.4. The van der Waals surface area contributed by atoms with Gasteiger partial charge in [0, 0.05) is 0 Å². The molecule has 3 unspecified atom stereocenters. The van der Waals surface area contributed by atoms with E-state index in [1.807, 2.05) is 0 Å². The minimum atomic E-state index is -0.752. The second-order valence-electron chi connectivity index (χ2n) is 15.0. The lowest BCUT2D eigenvalue weighted by Gasteiger charge is -2.23. The van der Waals surface area contributed by atoms with Crippen molar-refractivity contribution < 1.29 is 20.1 Å². The zero-order valence-electron chi connectivity index (χ0n) is 32.4. The first-order valence-electron chi connectivity index (χ1n) is 21.5. The zero-order valence-corrected chi connectivity index (χ0v) is 32.4. The van der Waals surface area contributed by atoms with Crippen molar-refractivity contribution in [2.75, 3.05) is 6.61 Å². The lowest BCUT2D eigenvalue weighted by atomic mass is 10.0. The van der Waals surface area contributed by atoms with Crippen LogP contribution >= 0.6 is 0 Å². The lowest BCUT2D eigenvalue weighted by Crippen LogP contribution is -2.46. The van der Waals surface area contributed by atoms with E-state index in [-0.39, 0.29) is 18.9 Å². The molecule has 5 heteroatoms. The molecule has 3 atom stereocenters. The summed E-state index contributed by atoms with van der Waals surface area (Å²) in [5, 5.41) is 33.3. The highest BCUT2D eigenvalue weighted by Gasteiger charge is 2.21. The summed E-state index contributed by atoms with van der Waals surface area (Å²) in [5.41, 5.74) is 0. The molecular weight excluding hydrogens is 594 g/mol. The number of carbonyl (C=O) groups is 1. The molecule has 5 nitrogen and oxygen atoms in total. The van der Waals surface area contributed by atoms with E-state index < -0.39 is 18.2 Å². The number of hydrogen-bond acceptors (Lipinski definition) is 4. The van der Waals surface area contributed by atoms with Crippen LogP contribution in [0, 0.1) is 0 Å². The first-order valence-corrected chi connectivity index (χ1v) is 21.5. The van der Waals surface area contributed by atoms with E-state index in [0.717, 1.165) is 32.1 Å². The molecule has 0 aromatic rings. The highest BCUT2D eigenvalue weighted by molar-refractivity contribution is 5.76. The molecule has 0 heterocycles. The molecule has 4 N–H and O–H groups in total. The molecule has 0 aliphatic heterocycles. The van der Waals surface area contributed by atoms with Crippen molar-refractivity contribution in [1.82, 2.24) is 5.32 Å². The second-order valence-corrected chi connectivity index (χ2v) is 15.0. The monoisotopic (exact) mass is 680 g/mol. The lowest BCUT2D eigenvalue weighted by molar-refractivity contribution is -0.125. The average Bonchev–Trinajstić information content (AvgIpc) is 3.08. The number of allylic oxidation sites excluding steroid dienone is 2. The van der Waals surface area contributed by atoms with Gasteiger partial charge in [-0.2, -0.15) is 0 Å². The molecule has 0 saturated carbocycles. The molecule has 0 aromatic heterocycles. The predicted molar refractivity (Wildman–Crippen MR) is 208 cm³/mol. The van der Waals surface area contributed by atoms with Crippen molar-refractivity contribution in [3.63, 3.8) is 0 Å². The van der Waals surface area contributed by atoms with Gasteiger partial charge in [-0.1, -0.05) is 199 Å². The molecule has 0 aliphatic rings. The number of aliphatic hydroxyl groups excluding tert-OH is 3. The Kier molecular flexibility index (Phi) is 38.1. The number of unbranched alkanes of at least 4 members (excludes halogenated alkanes) is 28. The fourth-order valence-corrected chi connectivity index (χ4v) is 6.76. The van der Waals surface area contributed by atoms with Gasteiger partial charge in [-0.15, -0.1) is 0 Å². The van der Waals surface area contributed by atoms with Crippen LogP contribution in [-0.2, 0) is 4.79 Å². The van der Waals surface area contributed by atoms with Crippen LogP contribution in [0.5, 0.6) is 0 Å². The molecule has 0 radical (unpaired) electrons. The largest absolute Gasteiger partial charge is 0.394 e. The van der Waals surface area contributed by atoms with Crippen molar-refractivity contribution in [2.24, 2.45) is 0 Å². The highest BCUT2D eigenvalue weighted by atomic mass is 16.3. The van der Waals surface area contributed by atoms with E-state index in [1.54, 1.807) is 0 Å². The summed E-state index contributed by atoms with van der Waals surface area (Å²) in [7, 11) is 0. The van der Waals surface area contributed by atoms with Gasteiger partial charge in [-0.25, -0.2) is 0 Å². The van der Waals surface area contributed by atoms with Gasteiger partial charge in [-0.05, 0) is 38.5 Å². The molecule has 0 saturated heterocycles. The minimum absolute atomic E-state index is 0.0180. The van der Waals surface area contributed by atoms with Gasteiger partial charge in [-0.3, -0.25) is 4.79 Å². The van der Waals surface area contributed by atoms with E-state index in [2.05, 4.69) is 31.3 Å². The van der Waals surface area contributed by atoms with Crippen molar-refractivity contribution in [2.45, 2.75) is 250 Å². The van der Waals surface area contributed by atoms with Crippen LogP contribution in [0.2, 0.25) is 0 Å². The molecular formula is C43H85NO4. The van der Waals surface area contributed by atoms with Crippen molar-refractivity contribution in [3.05, 3.63) is 12.2 Å². The Morgan fingerprint density at radius 1 is 0.500 bits per heavy atom. The van der Waals surface area contributed by atoms with Gasteiger partial charge in [0.05, 0.1) is 31.3 Å². The van der Waals surface area contributed by atoms with Gasteiger partial charge in [0.15, 0.2) is 0 Å². The van der Waals surface area contributed by atoms with E-state index in [4.69, 9.17) is 0 Å². The van der Waals surface area contributed by atoms with Gasteiger partial charge in [0.25, 0.3) is 0 Å². The SMILES string of the molecule is CCCCCCCC/C=C\CCCC(O)CC(=O)NC(CO)C(O)CCCCCCCCCCCCCCCCCCCCCCCC. The van der Waals surface area contributed by atoms with Crippen molar-refractivity contribution in [3.8, 4) is 0 Å². The smallest absolute Gasteiger partial charge is 0.222 e. The van der Waals surface area contributed by atoms with Gasteiger partial charge >= 0.3 is 0 Å². The van der Waals surface area contributed by atoms with Gasteiger partial charge in [0.1, 0.15) is 0 Å². The standard InChI is InChI=1S/C43H85NO4/c1-3-5-7-9-11-13-15-16-17-18-19-20-21-22-23-24-25-27-29-31-33-35-37-42(47)41(39-45)44-43(48)38-40(46)36-34-32-30-28-26-14-12-10-8-6-4-2/h28,30,40-42,45-47H,3-27,29,31-39H2,1-2H3,(H,44,48)/b30-28-. The Balaban J connectivity index is 3.58. The zero-order chi connectivity index (χ0) is 35.2. The van der Waals surface area contributed by atoms with Crippen LogP contribution in [0.4, 0.5) is 0 Å². The van der Waals surface area contributed by atoms with E-state index >= 15 is 0 Å². The third-order valence-electron chi connectivity index (χ3n) is 10.1. The summed E-state index contributed by atoms with van der Waals surface area (Å²) in [4.78, 5) is 12.4. The maximum absolute atomic E-state index is 12.4. The number of amides is 1. The van der Waals surface area contributed by atoms with E-state index in [0.29, 0.717) is 12.8 Å². The molecule has 0 fully saturated rings. The summed E-state index contributed by atoms with van der Waals surface area (Å²) < 4.78 is 0. The summed E-state index contributed by atoms with van der Waals surface area (Å²) in [6.45, 7) is 4.25. The Hall–Kier alpha value is -0.910. The number of aliphatic hydroxyl groups is 3. The van der Waals surface area contributed by atoms with Crippen molar-refractivity contribution in [1.29, 1.82) is 0 Å². The quantitative estimate of drug-likeness (QED) is 0.0384. The van der Waals surface area contributed by atoms with Crippen LogP contribution in [0.1, 0.15) is 232 Å². The second kappa shape index (κ2) is 38.9. The molecule has 0 spiro atoms. The fourth-order valence-electron chi connectivity index (χ4n) is 6.76. The Morgan fingerprint density at radius 3 is 1.25 bits per heavy atom. The number of nitrogens with one attached hydrogen (secondary N) is 1. The van der Waals surface area contributed by atoms with Crippen LogP contribution < -0.4 is 5.32 Å². The predicted octanol–water partition coefficient (Wildman–Crippen LogP) is 12.0. The molecule has 286 valence electrons. The molecule has 1 amide bonds. The summed E-state index contributed by atoms with van der Waals surface area (Å²) in [6, 6.07) is -0.662. The van der Waals surface area contributed by atoms with Crippen molar-refractivity contribution >= 4 is 5.91 Å². The highest BCUT2D eigenvalue weighted by Crippen LogP contribution is 2.16. The summed E-state index contributed by atoms with van der Waals surface area (Å²) >= 11 is 0. The number of carbonyl (C=O) groups excluding carboxylic acids is 1. The van der Waals surface area contributed by atoms with Crippen LogP contribution in [0.25, 0.3) is 0 Å². The Bertz CT molecular complexity index is 669. The molecule has 0 rings (SSSR count). The van der Waals surface area contributed by atoms with Crippen LogP contribution in [0.3, 0.4) is 0 Å². The molecule has 0 aromatic carbocycles. The van der Waals surface area contributed by atoms with Gasteiger partial charge < -0.3 is 20.6 Å². The molecule has 0 aliphatic carbocycles. The van der Waals surface area contributed by atoms with Crippen LogP contribution in [-0.4, -0.2) is 46.1 Å². The third kappa shape index (κ3) is 34.9. The minimum Gasteiger partial charge on any atom is -0.394 e. The molecule has 48 heavy (non-hydrogen) atoms. The van der Waals surface area contributed by atoms with E-state index in [1.165, 1.54) is 167 Å². The van der Waals surface area contributed by atoms with Crippen LogP contribution in [0.15, 0.2) is 12.2 Å². The normalized spacial score (nSPS) is 13.7. The average molecular weight is 680 g/mol. The number of rotatable bonds is 39. The van der Waals surface area contributed by atoms with Gasteiger partial charge in [0.2, 0.25) is 5.91 Å². The maximum Gasteiger partial charge on any atom is 0.222 e.